The third-order valence-electron chi connectivity index (χ3n) is 4.29. The van der Waals surface area contributed by atoms with Gasteiger partial charge in [0, 0.05) is 43.3 Å². The second-order valence-electron chi connectivity index (χ2n) is 6.70. The number of carbonyl (C=O) groups is 2. The molecule has 1 unspecified atom stereocenters. The second-order valence-corrected chi connectivity index (χ2v) is 6.70. The molecule has 0 saturated carbocycles. The van der Waals surface area contributed by atoms with E-state index in [2.05, 4.69) is 24.1 Å². The lowest BCUT2D eigenvalue weighted by Crippen LogP contribution is -2.34. The summed E-state index contributed by atoms with van der Waals surface area (Å²) in [6.45, 7) is 4.73. The van der Waals surface area contributed by atoms with Crippen LogP contribution < -0.4 is 11.1 Å². The first-order valence-corrected chi connectivity index (χ1v) is 8.71. The highest BCUT2D eigenvalue weighted by molar-refractivity contribution is 6.04. The Morgan fingerprint density at radius 2 is 1.82 bits per heavy atom. The smallest absolute Gasteiger partial charge is 0.257 e. The maximum absolute atomic E-state index is 12.6. The number of nitrogens with zero attached hydrogens (tertiary/aromatic N) is 2. The van der Waals surface area contributed by atoms with Crippen molar-refractivity contribution >= 4 is 42.3 Å². The summed E-state index contributed by atoms with van der Waals surface area (Å²) in [6.07, 6.45) is 3.85. The molecule has 2 amide bonds. The van der Waals surface area contributed by atoms with E-state index in [-0.39, 0.29) is 42.7 Å². The Kier molecular flexibility index (Phi) is 11.4. The van der Waals surface area contributed by atoms with E-state index in [0.717, 1.165) is 6.42 Å². The van der Waals surface area contributed by atoms with Gasteiger partial charge in [0.05, 0.1) is 5.56 Å². The van der Waals surface area contributed by atoms with Gasteiger partial charge in [0.1, 0.15) is 0 Å². The fourth-order valence-electron chi connectivity index (χ4n) is 2.43. The average molecular weight is 427 g/mol. The fraction of sp³-hybridized carbons (Fsp3) is 0.350. The molecule has 0 spiro atoms. The number of halogens is 2. The summed E-state index contributed by atoms with van der Waals surface area (Å²) in [5.41, 5.74) is 7.60. The Hall–Kier alpha value is -2.15. The Labute approximate surface area is 178 Å². The van der Waals surface area contributed by atoms with Crippen molar-refractivity contribution in [2.24, 2.45) is 11.7 Å². The maximum Gasteiger partial charge on any atom is 0.257 e. The molecule has 3 N–H and O–H groups in total. The highest BCUT2D eigenvalue weighted by Gasteiger charge is 2.15. The van der Waals surface area contributed by atoms with Crippen LogP contribution in [0.5, 0.6) is 0 Å². The molecule has 154 valence electrons. The van der Waals surface area contributed by atoms with Crippen LogP contribution in [0, 0.1) is 5.92 Å². The predicted octanol–water partition coefficient (Wildman–Crippen LogP) is 3.62. The molecule has 0 radical (unpaired) electrons. The molecular formula is C20H28Cl2N4O2. The minimum Gasteiger partial charge on any atom is -0.342 e. The van der Waals surface area contributed by atoms with Crippen molar-refractivity contribution in [1.29, 1.82) is 0 Å². The van der Waals surface area contributed by atoms with Crippen LogP contribution in [0.25, 0.3) is 0 Å². The normalized spacial score (nSPS) is 11.0. The number of carbonyl (C=O) groups excluding carboxylic acids is 2. The van der Waals surface area contributed by atoms with E-state index < -0.39 is 0 Å². The summed E-state index contributed by atoms with van der Waals surface area (Å²) in [7, 11) is 1.76. The van der Waals surface area contributed by atoms with E-state index in [1.165, 1.54) is 6.20 Å². The average Bonchev–Trinajstić information content (AvgIpc) is 2.65. The van der Waals surface area contributed by atoms with Crippen molar-refractivity contribution in [3.63, 3.8) is 0 Å². The first-order valence-electron chi connectivity index (χ1n) is 8.71. The van der Waals surface area contributed by atoms with Gasteiger partial charge in [-0.1, -0.05) is 19.9 Å². The van der Waals surface area contributed by atoms with Crippen LogP contribution in [-0.2, 0) is 0 Å². The molecular weight excluding hydrogens is 399 g/mol. The van der Waals surface area contributed by atoms with E-state index >= 15 is 0 Å². The summed E-state index contributed by atoms with van der Waals surface area (Å²) in [6, 6.07) is 10.4. The lowest BCUT2D eigenvalue weighted by Gasteiger charge is -2.21. The molecule has 2 rings (SSSR count). The van der Waals surface area contributed by atoms with Crippen LogP contribution in [0.1, 0.15) is 41.0 Å². The first-order chi connectivity index (χ1) is 12.4. The number of benzene rings is 1. The number of amides is 2. The van der Waals surface area contributed by atoms with Gasteiger partial charge in [0.25, 0.3) is 11.8 Å². The second kappa shape index (κ2) is 12.3. The summed E-state index contributed by atoms with van der Waals surface area (Å²) in [5, 5.41) is 2.79. The van der Waals surface area contributed by atoms with Crippen molar-refractivity contribution < 1.29 is 9.59 Å². The van der Waals surface area contributed by atoms with Gasteiger partial charge in [0.15, 0.2) is 0 Å². The number of rotatable bonds is 7. The zero-order valence-electron chi connectivity index (χ0n) is 16.3. The standard InChI is InChI=1S/C20H26N4O2.2ClH/c1-14(2)18(21)9-11-24(3)20(26)15-6-4-8-17(12-15)23-19(25)16-7-5-10-22-13-16;;/h4-8,10,12-14,18H,9,11,21H2,1-3H3,(H,23,25);2*1H. The molecule has 28 heavy (non-hydrogen) atoms. The largest absolute Gasteiger partial charge is 0.342 e. The maximum atomic E-state index is 12.6. The van der Waals surface area contributed by atoms with Crippen molar-refractivity contribution in [3.05, 3.63) is 59.9 Å². The number of nitrogens with two attached hydrogens (primary N) is 1. The lowest BCUT2D eigenvalue weighted by atomic mass is 10.0. The Bertz CT molecular complexity index is 757. The quantitative estimate of drug-likeness (QED) is 0.707. The number of anilines is 1. The monoisotopic (exact) mass is 426 g/mol. The SMILES string of the molecule is CC(C)C(N)CCN(C)C(=O)c1cccc(NC(=O)c2cccnc2)c1.Cl.Cl. The molecule has 1 aromatic carbocycles. The van der Waals surface area contributed by atoms with Gasteiger partial charge < -0.3 is 16.0 Å². The van der Waals surface area contributed by atoms with Gasteiger partial charge in [-0.15, -0.1) is 24.8 Å². The van der Waals surface area contributed by atoms with Crippen LogP contribution in [-0.4, -0.2) is 41.3 Å². The Balaban J connectivity index is 0.00000364. The van der Waals surface area contributed by atoms with Gasteiger partial charge in [0.2, 0.25) is 0 Å². The zero-order valence-corrected chi connectivity index (χ0v) is 17.9. The third-order valence-corrected chi connectivity index (χ3v) is 4.29. The van der Waals surface area contributed by atoms with E-state index in [9.17, 15) is 9.59 Å². The van der Waals surface area contributed by atoms with Crippen molar-refractivity contribution in [2.75, 3.05) is 18.9 Å². The molecule has 0 aliphatic carbocycles. The molecule has 0 aliphatic rings. The molecule has 1 heterocycles. The predicted molar refractivity (Wildman–Crippen MR) is 118 cm³/mol. The Morgan fingerprint density at radius 1 is 1.14 bits per heavy atom. The van der Waals surface area contributed by atoms with Crippen LogP contribution in [0.15, 0.2) is 48.8 Å². The molecule has 0 fully saturated rings. The number of nitrogens with one attached hydrogen (secondary N) is 1. The minimum atomic E-state index is -0.265. The number of aromatic nitrogens is 1. The lowest BCUT2D eigenvalue weighted by molar-refractivity contribution is 0.0789. The topological polar surface area (TPSA) is 88.3 Å². The van der Waals surface area contributed by atoms with Gasteiger partial charge in [-0.3, -0.25) is 14.6 Å². The third kappa shape index (κ3) is 7.46. The van der Waals surface area contributed by atoms with Crippen LogP contribution in [0.4, 0.5) is 5.69 Å². The highest BCUT2D eigenvalue weighted by atomic mass is 35.5. The molecule has 8 heteroatoms. The van der Waals surface area contributed by atoms with Gasteiger partial charge in [-0.25, -0.2) is 0 Å². The van der Waals surface area contributed by atoms with Crippen LogP contribution in [0.2, 0.25) is 0 Å². The van der Waals surface area contributed by atoms with E-state index in [4.69, 9.17) is 5.73 Å². The minimum absolute atomic E-state index is 0. The number of hydrogen-bond acceptors (Lipinski definition) is 4. The molecule has 0 saturated heterocycles. The van der Waals surface area contributed by atoms with E-state index in [1.54, 1.807) is 54.5 Å². The van der Waals surface area contributed by atoms with Gasteiger partial charge >= 0.3 is 0 Å². The van der Waals surface area contributed by atoms with Crippen LogP contribution >= 0.6 is 24.8 Å². The summed E-state index contributed by atoms with van der Waals surface area (Å²) >= 11 is 0. The van der Waals surface area contributed by atoms with Gasteiger partial charge in [-0.05, 0) is 42.7 Å². The number of pyridine rings is 1. The zero-order chi connectivity index (χ0) is 19.1. The number of hydrogen-bond donors (Lipinski definition) is 2. The molecule has 1 aromatic heterocycles. The molecule has 0 aliphatic heterocycles. The van der Waals surface area contributed by atoms with Crippen molar-refractivity contribution in [2.45, 2.75) is 26.3 Å². The fourth-order valence-corrected chi connectivity index (χ4v) is 2.43. The van der Waals surface area contributed by atoms with E-state index in [1.807, 2.05) is 0 Å². The van der Waals surface area contributed by atoms with E-state index in [0.29, 0.717) is 29.3 Å². The first kappa shape index (κ1) is 25.9. The molecule has 0 bridgehead atoms. The molecule has 6 nitrogen and oxygen atoms in total. The highest BCUT2D eigenvalue weighted by Crippen LogP contribution is 2.14. The van der Waals surface area contributed by atoms with Gasteiger partial charge in [-0.2, -0.15) is 0 Å². The summed E-state index contributed by atoms with van der Waals surface area (Å²) in [5.74, 6) is 0.0157. The van der Waals surface area contributed by atoms with Crippen molar-refractivity contribution in [1.82, 2.24) is 9.88 Å². The Morgan fingerprint density at radius 3 is 2.43 bits per heavy atom. The summed E-state index contributed by atoms with van der Waals surface area (Å²) < 4.78 is 0. The summed E-state index contributed by atoms with van der Waals surface area (Å²) in [4.78, 5) is 30.4. The molecule has 1 atom stereocenters. The van der Waals surface area contributed by atoms with Crippen molar-refractivity contribution in [3.8, 4) is 0 Å². The van der Waals surface area contributed by atoms with Crippen LogP contribution in [0.3, 0.4) is 0 Å². The molecule has 2 aromatic rings.